The van der Waals surface area contributed by atoms with E-state index in [4.69, 9.17) is 0 Å². The molecule has 0 bridgehead atoms. The molecule has 0 atom stereocenters. The van der Waals surface area contributed by atoms with Crippen molar-refractivity contribution < 1.29 is 22.7 Å². The van der Waals surface area contributed by atoms with E-state index in [1.165, 1.54) is 4.90 Å². The van der Waals surface area contributed by atoms with Crippen LogP contribution < -0.4 is 0 Å². The molecule has 19 heavy (non-hydrogen) atoms. The molecule has 1 aromatic carbocycles. The van der Waals surface area contributed by atoms with Crippen LogP contribution in [0.2, 0.25) is 0 Å². The smallest absolute Gasteiger partial charge is 0.422 e. The van der Waals surface area contributed by atoms with Crippen molar-refractivity contribution in [2.75, 3.05) is 6.61 Å². The van der Waals surface area contributed by atoms with Gasteiger partial charge in [-0.25, -0.2) is 4.79 Å². The third kappa shape index (κ3) is 5.63. The Labute approximate surface area is 110 Å². The number of carbonyl (C=O) groups excluding carboxylic acids is 1. The predicted molar refractivity (Wildman–Crippen MR) is 64.5 cm³/mol. The summed E-state index contributed by atoms with van der Waals surface area (Å²) in [6.45, 7) is 2.09. The Morgan fingerprint density at radius 2 is 1.84 bits per heavy atom. The third-order valence-corrected chi connectivity index (χ3v) is 2.41. The van der Waals surface area contributed by atoms with Gasteiger partial charge in [-0.1, -0.05) is 30.3 Å². The highest BCUT2D eigenvalue weighted by molar-refractivity contribution is 5.68. The van der Waals surface area contributed by atoms with Gasteiger partial charge >= 0.3 is 12.3 Å². The second kappa shape index (κ2) is 6.45. The van der Waals surface area contributed by atoms with Crippen molar-refractivity contribution in [2.45, 2.75) is 32.6 Å². The van der Waals surface area contributed by atoms with Crippen molar-refractivity contribution in [3.8, 4) is 0 Å². The van der Waals surface area contributed by atoms with Crippen molar-refractivity contribution in [1.29, 1.82) is 0 Å². The van der Waals surface area contributed by atoms with Crippen molar-refractivity contribution >= 4 is 6.09 Å². The summed E-state index contributed by atoms with van der Waals surface area (Å²) < 4.78 is 40.3. The van der Waals surface area contributed by atoms with E-state index in [9.17, 15) is 18.0 Å². The number of halogens is 3. The van der Waals surface area contributed by atoms with E-state index in [2.05, 4.69) is 4.74 Å². The average Bonchev–Trinajstić information content (AvgIpc) is 2.33. The van der Waals surface area contributed by atoms with E-state index < -0.39 is 18.9 Å². The number of rotatable bonds is 4. The first-order chi connectivity index (χ1) is 8.79. The zero-order valence-corrected chi connectivity index (χ0v) is 10.8. The van der Waals surface area contributed by atoms with Crippen LogP contribution in [0.1, 0.15) is 19.4 Å². The highest BCUT2D eigenvalue weighted by atomic mass is 19.4. The number of amides is 1. The van der Waals surface area contributed by atoms with Gasteiger partial charge in [-0.2, -0.15) is 13.2 Å². The molecule has 0 fully saturated rings. The minimum absolute atomic E-state index is 0.217. The van der Waals surface area contributed by atoms with Crippen LogP contribution in [0.4, 0.5) is 18.0 Å². The summed E-state index contributed by atoms with van der Waals surface area (Å²) in [5, 5.41) is 0. The lowest BCUT2D eigenvalue weighted by molar-refractivity contribution is -0.162. The summed E-state index contributed by atoms with van der Waals surface area (Å²) >= 11 is 0. The van der Waals surface area contributed by atoms with Crippen LogP contribution in [0.5, 0.6) is 0 Å². The molecule has 0 aliphatic carbocycles. The standard InChI is InChI=1S/C13H16F3NO2/c1-10(2)17(8-11-6-4-3-5-7-11)12(18)19-9-13(14,15)16/h3-7,10H,8-9H2,1-2H3. The van der Waals surface area contributed by atoms with Crippen molar-refractivity contribution in [2.24, 2.45) is 0 Å². The molecule has 0 saturated heterocycles. The van der Waals surface area contributed by atoms with Gasteiger partial charge in [0.05, 0.1) is 0 Å². The van der Waals surface area contributed by atoms with Gasteiger partial charge in [0.15, 0.2) is 6.61 Å². The van der Waals surface area contributed by atoms with Crippen molar-refractivity contribution in [3.63, 3.8) is 0 Å². The number of hydrogen-bond acceptors (Lipinski definition) is 2. The fourth-order valence-corrected chi connectivity index (χ4v) is 1.46. The fraction of sp³-hybridized carbons (Fsp3) is 0.462. The second-order valence-electron chi connectivity index (χ2n) is 4.38. The predicted octanol–water partition coefficient (Wildman–Crippen LogP) is 3.60. The summed E-state index contributed by atoms with van der Waals surface area (Å²) in [6.07, 6.45) is -5.47. The zero-order valence-electron chi connectivity index (χ0n) is 10.8. The molecule has 0 radical (unpaired) electrons. The summed E-state index contributed by atoms with van der Waals surface area (Å²) in [5.41, 5.74) is 0.833. The monoisotopic (exact) mass is 275 g/mol. The molecule has 0 N–H and O–H groups in total. The quantitative estimate of drug-likeness (QED) is 0.840. The summed E-state index contributed by atoms with van der Waals surface area (Å²) in [4.78, 5) is 12.9. The highest BCUT2D eigenvalue weighted by Crippen LogP contribution is 2.16. The number of hydrogen-bond donors (Lipinski definition) is 0. The van der Waals surface area contributed by atoms with E-state index in [0.29, 0.717) is 0 Å². The van der Waals surface area contributed by atoms with Gasteiger partial charge in [0.1, 0.15) is 0 Å². The van der Waals surface area contributed by atoms with Crippen LogP contribution in [0.3, 0.4) is 0 Å². The molecule has 0 aromatic heterocycles. The van der Waals surface area contributed by atoms with Gasteiger partial charge in [0.2, 0.25) is 0 Å². The lowest BCUT2D eigenvalue weighted by Gasteiger charge is -2.26. The SMILES string of the molecule is CC(C)N(Cc1ccccc1)C(=O)OCC(F)(F)F. The number of ether oxygens (including phenoxy) is 1. The first-order valence-corrected chi connectivity index (χ1v) is 5.83. The molecule has 1 rings (SSSR count). The number of benzene rings is 1. The molecular weight excluding hydrogens is 259 g/mol. The summed E-state index contributed by atoms with van der Waals surface area (Å²) in [7, 11) is 0. The molecule has 0 spiro atoms. The Hall–Kier alpha value is -1.72. The average molecular weight is 275 g/mol. The zero-order chi connectivity index (χ0) is 14.5. The third-order valence-electron chi connectivity index (χ3n) is 2.41. The molecule has 0 unspecified atom stereocenters. The van der Waals surface area contributed by atoms with Crippen LogP contribution >= 0.6 is 0 Å². The first-order valence-electron chi connectivity index (χ1n) is 5.83. The summed E-state index contributed by atoms with van der Waals surface area (Å²) in [6, 6.07) is 8.77. The van der Waals surface area contributed by atoms with Crippen LogP contribution in [-0.4, -0.2) is 29.8 Å². The van der Waals surface area contributed by atoms with E-state index in [1.807, 2.05) is 6.07 Å². The Balaban J connectivity index is 2.65. The van der Waals surface area contributed by atoms with Crippen molar-refractivity contribution in [1.82, 2.24) is 4.90 Å². The summed E-state index contributed by atoms with van der Waals surface area (Å²) in [5.74, 6) is 0. The van der Waals surface area contributed by atoms with Gasteiger partial charge in [-0.05, 0) is 19.4 Å². The van der Waals surface area contributed by atoms with Gasteiger partial charge in [0, 0.05) is 12.6 Å². The van der Waals surface area contributed by atoms with E-state index in [-0.39, 0.29) is 12.6 Å². The molecule has 3 nitrogen and oxygen atoms in total. The Morgan fingerprint density at radius 3 is 2.32 bits per heavy atom. The minimum Gasteiger partial charge on any atom is -0.440 e. The maximum Gasteiger partial charge on any atom is 0.422 e. The topological polar surface area (TPSA) is 29.5 Å². The normalized spacial score (nSPS) is 11.5. The van der Waals surface area contributed by atoms with Crippen LogP contribution in [0.15, 0.2) is 30.3 Å². The maximum atomic E-state index is 12.0. The first kappa shape index (κ1) is 15.3. The molecule has 1 aromatic rings. The van der Waals surface area contributed by atoms with Crippen LogP contribution in [0.25, 0.3) is 0 Å². The fourth-order valence-electron chi connectivity index (χ4n) is 1.46. The Morgan fingerprint density at radius 1 is 1.26 bits per heavy atom. The van der Waals surface area contributed by atoms with E-state index in [1.54, 1.807) is 38.1 Å². The molecule has 0 saturated carbocycles. The molecule has 106 valence electrons. The number of alkyl halides is 3. The Bertz CT molecular complexity index is 404. The minimum atomic E-state index is -4.51. The second-order valence-corrected chi connectivity index (χ2v) is 4.38. The van der Waals surface area contributed by atoms with Gasteiger partial charge in [0.25, 0.3) is 0 Å². The molecule has 1 amide bonds. The van der Waals surface area contributed by atoms with E-state index in [0.717, 1.165) is 5.56 Å². The van der Waals surface area contributed by atoms with Crippen LogP contribution in [-0.2, 0) is 11.3 Å². The van der Waals surface area contributed by atoms with Gasteiger partial charge in [-0.3, -0.25) is 0 Å². The number of carbonyl (C=O) groups is 1. The molecular formula is C13H16F3NO2. The lowest BCUT2D eigenvalue weighted by Crippen LogP contribution is -2.38. The van der Waals surface area contributed by atoms with E-state index >= 15 is 0 Å². The number of nitrogens with zero attached hydrogens (tertiary/aromatic N) is 1. The molecule has 0 aliphatic heterocycles. The van der Waals surface area contributed by atoms with Gasteiger partial charge < -0.3 is 9.64 Å². The molecule has 0 aliphatic rings. The van der Waals surface area contributed by atoms with Crippen LogP contribution in [0, 0.1) is 0 Å². The lowest BCUT2D eigenvalue weighted by atomic mass is 10.2. The molecule has 6 heteroatoms. The van der Waals surface area contributed by atoms with Gasteiger partial charge in [-0.15, -0.1) is 0 Å². The maximum absolute atomic E-state index is 12.0. The van der Waals surface area contributed by atoms with Crippen molar-refractivity contribution in [3.05, 3.63) is 35.9 Å². The Kier molecular flexibility index (Phi) is 5.20. The largest absolute Gasteiger partial charge is 0.440 e. The molecule has 0 heterocycles. The highest BCUT2D eigenvalue weighted by Gasteiger charge is 2.31.